The van der Waals surface area contributed by atoms with Gasteiger partial charge in [-0.15, -0.1) is 0 Å². The number of nitrogens with one attached hydrogen (secondary N) is 1. The molecule has 246 valence electrons. The SMILES string of the molecule is [2H]C([2H])(O)[C@H](NC(=O)CCCCCCCCCCCCCCCCC)[C@H](O)[C@H](O)CCCCCCCCCCCCCC. The van der Waals surface area contributed by atoms with Gasteiger partial charge in [0.1, 0.15) is 6.10 Å². The van der Waals surface area contributed by atoms with E-state index in [4.69, 9.17) is 2.74 Å². The molecule has 0 aliphatic heterocycles. The van der Waals surface area contributed by atoms with E-state index in [0.29, 0.717) is 12.8 Å². The largest absolute Gasteiger partial charge is 0.394 e. The summed E-state index contributed by atoms with van der Waals surface area (Å²) < 4.78 is 15.4. The first-order valence-corrected chi connectivity index (χ1v) is 18.1. The van der Waals surface area contributed by atoms with Gasteiger partial charge in [0.2, 0.25) is 5.91 Å². The Morgan fingerprint density at radius 2 is 0.878 bits per heavy atom. The topological polar surface area (TPSA) is 89.8 Å². The zero-order valence-corrected chi connectivity index (χ0v) is 27.5. The lowest BCUT2D eigenvalue weighted by Crippen LogP contribution is -2.50. The van der Waals surface area contributed by atoms with Crippen molar-refractivity contribution in [1.82, 2.24) is 5.32 Å². The van der Waals surface area contributed by atoms with Gasteiger partial charge in [-0.1, -0.05) is 181 Å². The number of rotatable bonds is 33. The van der Waals surface area contributed by atoms with Crippen LogP contribution in [0, 0.1) is 0 Å². The van der Waals surface area contributed by atoms with Crippen LogP contribution in [-0.4, -0.2) is 46.0 Å². The van der Waals surface area contributed by atoms with Gasteiger partial charge in [0.25, 0.3) is 0 Å². The first-order chi connectivity index (χ1) is 20.7. The lowest BCUT2D eigenvalue weighted by molar-refractivity contribution is -0.124. The Labute approximate surface area is 258 Å². The first kappa shape index (κ1) is 36.5. The fraction of sp³-hybridized carbons (Fsp3) is 0.972. The summed E-state index contributed by atoms with van der Waals surface area (Å²) in [5, 5.41) is 33.5. The van der Waals surface area contributed by atoms with Crippen molar-refractivity contribution in [2.75, 3.05) is 6.56 Å². The molecule has 41 heavy (non-hydrogen) atoms. The van der Waals surface area contributed by atoms with Gasteiger partial charge in [0.05, 0.1) is 21.4 Å². The molecule has 0 fully saturated rings. The average molecular weight is 586 g/mol. The number of carbonyl (C=O) groups is 1. The minimum absolute atomic E-state index is 0.229. The van der Waals surface area contributed by atoms with E-state index in [9.17, 15) is 20.1 Å². The second-order valence-corrected chi connectivity index (χ2v) is 12.6. The summed E-state index contributed by atoms with van der Waals surface area (Å²) in [6.07, 6.45) is 30.8. The number of hydrogen-bond acceptors (Lipinski definition) is 4. The predicted octanol–water partition coefficient (Wildman–Crippen LogP) is 9.54. The van der Waals surface area contributed by atoms with Gasteiger partial charge in [-0.2, -0.15) is 0 Å². The van der Waals surface area contributed by atoms with Crippen LogP contribution < -0.4 is 5.32 Å². The smallest absolute Gasteiger partial charge is 0.220 e. The Kier molecular flexibility index (Phi) is 28.8. The minimum Gasteiger partial charge on any atom is -0.394 e. The summed E-state index contributed by atoms with van der Waals surface area (Å²) in [5.74, 6) is -0.394. The molecule has 0 bridgehead atoms. The van der Waals surface area contributed by atoms with Crippen LogP contribution in [0.4, 0.5) is 0 Å². The van der Waals surface area contributed by atoms with Crippen molar-refractivity contribution < 1.29 is 22.9 Å². The zero-order valence-electron chi connectivity index (χ0n) is 29.5. The highest BCUT2D eigenvalue weighted by molar-refractivity contribution is 5.76. The monoisotopic (exact) mass is 586 g/mol. The Balaban J connectivity index is 3.92. The molecule has 0 aliphatic carbocycles. The van der Waals surface area contributed by atoms with Crippen LogP contribution in [0.3, 0.4) is 0 Å². The molecular weight excluding hydrogens is 510 g/mol. The Morgan fingerprint density at radius 1 is 0.561 bits per heavy atom. The Hall–Kier alpha value is -0.650. The molecule has 0 aliphatic rings. The molecule has 5 heteroatoms. The molecule has 4 N–H and O–H groups in total. The van der Waals surface area contributed by atoms with Crippen molar-refractivity contribution in [1.29, 1.82) is 0 Å². The molecule has 5 nitrogen and oxygen atoms in total. The van der Waals surface area contributed by atoms with Crippen LogP contribution in [-0.2, 0) is 4.79 Å². The molecular formula is C36H73NO4. The van der Waals surface area contributed by atoms with Crippen LogP contribution in [0.1, 0.15) is 203 Å². The maximum Gasteiger partial charge on any atom is 0.220 e. The lowest BCUT2D eigenvalue weighted by atomic mass is 9.99. The first-order valence-electron chi connectivity index (χ1n) is 19.1. The van der Waals surface area contributed by atoms with E-state index in [1.165, 1.54) is 135 Å². The van der Waals surface area contributed by atoms with Crippen molar-refractivity contribution >= 4 is 5.91 Å². The molecule has 0 aromatic heterocycles. The molecule has 0 saturated carbocycles. The minimum atomic E-state index is -2.82. The van der Waals surface area contributed by atoms with E-state index in [2.05, 4.69) is 19.2 Å². The van der Waals surface area contributed by atoms with E-state index in [-0.39, 0.29) is 6.42 Å². The fourth-order valence-corrected chi connectivity index (χ4v) is 5.68. The van der Waals surface area contributed by atoms with E-state index in [1.54, 1.807) is 0 Å². The highest BCUT2D eigenvalue weighted by Crippen LogP contribution is 2.16. The van der Waals surface area contributed by atoms with E-state index < -0.39 is 30.7 Å². The molecule has 0 heterocycles. The quantitative estimate of drug-likeness (QED) is 0.0577. The molecule has 0 unspecified atom stereocenters. The van der Waals surface area contributed by atoms with Gasteiger partial charge in [-0.25, -0.2) is 0 Å². The van der Waals surface area contributed by atoms with Crippen LogP contribution in [0.15, 0.2) is 0 Å². The van der Waals surface area contributed by atoms with Gasteiger partial charge in [-0.05, 0) is 12.8 Å². The highest BCUT2D eigenvalue weighted by Gasteiger charge is 2.26. The van der Waals surface area contributed by atoms with Gasteiger partial charge >= 0.3 is 0 Å². The number of amides is 1. The standard InChI is InChI=1S/C36H73NO4/c1-3-5-7-9-11-13-15-17-18-19-21-23-25-27-29-31-35(40)37-33(32-38)36(41)34(39)30-28-26-24-22-20-16-14-12-10-8-6-4-2/h33-34,36,38-39,41H,3-32H2,1-2H3,(H,37,40)/t33-,34+,36-/m0/s1/i32D2. The fourth-order valence-electron chi connectivity index (χ4n) is 5.68. The second-order valence-electron chi connectivity index (χ2n) is 12.6. The molecule has 0 rings (SSSR count). The Bertz CT molecular complexity index is 602. The van der Waals surface area contributed by atoms with Gasteiger partial charge in [0.15, 0.2) is 0 Å². The maximum absolute atomic E-state index is 12.5. The summed E-state index contributed by atoms with van der Waals surface area (Å²) in [5.41, 5.74) is 0. The lowest BCUT2D eigenvalue weighted by Gasteiger charge is -2.26. The zero-order chi connectivity index (χ0) is 32.0. The number of aliphatic hydroxyl groups excluding tert-OH is 2. The van der Waals surface area contributed by atoms with Crippen molar-refractivity contribution in [3.05, 3.63) is 0 Å². The molecule has 0 aromatic carbocycles. The van der Waals surface area contributed by atoms with Gasteiger partial charge in [-0.3, -0.25) is 4.79 Å². The Morgan fingerprint density at radius 3 is 1.22 bits per heavy atom. The van der Waals surface area contributed by atoms with Crippen molar-refractivity contribution in [3.8, 4) is 0 Å². The molecule has 1 amide bonds. The molecule has 0 spiro atoms. The summed E-state index contributed by atoms with van der Waals surface area (Å²) in [4.78, 5) is 12.5. The van der Waals surface area contributed by atoms with Crippen molar-refractivity contribution in [2.24, 2.45) is 0 Å². The summed E-state index contributed by atoms with van der Waals surface area (Å²) >= 11 is 0. The van der Waals surface area contributed by atoms with E-state index in [1.807, 2.05) is 0 Å². The normalized spacial score (nSPS) is 14.9. The average Bonchev–Trinajstić information content (AvgIpc) is 2.97. The number of carbonyl (C=O) groups excluding carboxylic acids is 1. The second kappa shape index (κ2) is 32.3. The van der Waals surface area contributed by atoms with Crippen LogP contribution in [0.5, 0.6) is 0 Å². The number of aliphatic hydroxyl groups is 3. The van der Waals surface area contributed by atoms with Gasteiger partial charge in [0, 0.05) is 6.42 Å². The van der Waals surface area contributed by atoms with Crippen molar-refractivity contribution in [3.63, 3.8) is 0 Å². The maximum atomic E-state index is 12.5. The molecule has 0 saturated heterocycles. The third kappa shape index (κ3) is 27.9. The molecule has 0 aromatic rings. The van der Waals surface area contributed by atoms with Crippen LogP contribution in [0.25, 0.3) is 0 Å². The van der Waals surface area contributed by atoms with Gasteiger partial charge < -0.3 is 20.6 Å². The third-order valence-corrected chi connectivity index (χ3v) is 8.55. The third-order valence-electron chi connectivity index (χ3n) is 8.55. The van der Waals surface area contributed by atoms with Crippen LogP contribution >= 0.6 is 0 Å². The number of unbranched alkanes of at least 4 members (excludes halogenated alkanes) is 25. The van der Waals surface area contributed by atoms with Crippen molar-refractivity contribution in [2.45, 2.75) is 218 Å². The van der Waals surface area contributed by atoms with E-state index in [0.717, 1.165) is 32.1 Å². The molecule has 3 atom stereocenters. The summed E-state index contributed by atoms with van der Waals surface area (Å²) in [6, 6.07) is -1.55. The van der Waals surface area contributed by atoms with Crippen LogP contribution in [0.2, 0.25) is 0 Å². The highest BCUT2D eigenvalue weighted by atomic mass is 16.3. The predicted molar refractivity (Wildman–Crippen MR) is 176 cm³/mol. The summed E-state index contributed by atoms with van der Waals surface area (Å²) in [6.45, 7) is 1.68. The molecule has 0 radical (unpaired) electrons. The number of hydrogen-bond donors (Lipinski definition) is 4. The summed E-state index contributed by atoms with van der Waals surface area (Å²) in [7, 11) is 0. The van der Waals surface area contributed by atoms with E-state index >= 15 is 0 Å².